The third-order valence-electron chi connectivity index (χ3n) is 6.63. The first-order chi connectivity index (χ1) is 16.0. The molecule has 3 aromatic heterocycles. The van der Waals surface area contributed by atoms with Crippen molar-refractivity contribution < 1.29 is 9.53 Å². The van der Waals surface area contributed by atoms with Crippen LogP contribution in [0.2, 0.25) is 5.02 Å². The summed E-state index contributed by atoms with van der Waals surface area (Å²) in [7, 11) is 0. The first kappa shape index (κ1) is 22.5. The summed E-state index contributed by atoms with van der Waals surface area (Å²) in [4.78, 5) is 23.5. The van der Waals surface area contributed by atoms with Gasteiger partial charge in [-0.1, -0.05) is 11.6 Å². The summed E-state index contributed by atoms with van der Waals surface area (Å²) in [6, 6.07) is 8.02. The monoisotopic (exact) mass is 485 g/mol. The van der Waals surface area contributed by atoms with E-state index < -0.39 is 0 Å². The van der Waals surface area contributed by atoms with Crippen molar-refractivity contribution in [2.45, 2.75) is 50.9 Å². The summed E-state index contributed by atoms with van der Waals surface area (Å²) in [6.07, 6.45) is 7.88. The number of hydrogen-bond acceptors (Lipinski definition) is 6. The average molecular weight is 486 g/mol. The van der Waals surface area contributed by atoms with Gasteiger partial charge in [0.2, 0.25) is 0 Å². The number of nitrogens with zero attached hydrogens (tertiary/aromatic N) is 4. The molecule has 0 aliphatic carbocycles. The lowest BCUT2D eigenvalue weighted by Crippen LogP contribution is -2.45. The topological polar surface area (TPSA) is 72.3 Å². The van der Waals surface area contributed by atoms with Gasteiger partial charge in [0.25, 0.3) is 5.91 Å². The Morgan fingerprint density at radius 3 is 2.88 bits per heavy atom. The number of carbonyl (C=O) groups excluding carboxylic acids is 1. The van der Waals surface area contributed by atoms with E-state index in [2.05, 4.69) is 36.9 Å². The molecule has 1 unspecified atom stereocenters. The minimum atomic E-state index is -0.114. The summed E-state index contributed by atoms with van der Waals surface area (Å²) in [5, 5.41) is 6.34. The SMILES string of the molecule is Cc1nc(C(=O)NCC2CCC3(CCN(Cc4cccn4-c4ccc(Cl)cn4)CC3)O2)cs1. The maximum Gasteiger partial charge on any atom is 0.270 e. The number of aromatic nitrogens is 3. The lowest BCUT2D eigenvalue weighted by atomic mass is 9.88. The van der Waals surface area contributed by atoms with E-state index in [1.165, 1.54) is 17.0 Å². The minimum absolute atomic E-state index is 0.0527. The smallest absolute Gasteiger partial charge is 0.270 e. The maximum absolute atomic E-state index is 12.3. The van der Waals surface area contributed by atoms with Gasteiger partial charge < -0.3 is 14.6 Å². The molecule has 5 heterocycles. The zero-order valence-electron chi connectivity index (χ0n) is 18.7. The Labute approximate surface area is 202 Å². The summed E-state index contributed by atoms with van der Waals surface area (Å²) in [5.74, 6) is 0.765. The summed E-state index contributed by atoms with van der Waals surface area (Å²) in [5.41, 5.74) is 1.66. The number of nitrogens with one attached hydrogen (secondary N) is 1. The zero-order valence-corrected chi connectivity index (χ0v) is 20.2. The fourth-order valence-corrected chi connectivity index (χ4v) is 5.50. The second-order valence-corrected chi connectivity index (χ2v) is 10.4. The van der Waals surface area contributed by atoms with E-state index in [4.69, 9.17) is 16.3 Å². The van der Waals surface area contributed by atoms with Gasteiger partial charge in [0, 0.05) is 49.6 Å². The van der Waals surface area contributed by atoms with Crippen molar-refractivity contribution in [2.24, 2.45) is 0 Å². The van der Waals surface area contributed by atoms with Gasteiger partial charge in [0.05, 0.1) is 21.7 Å². The van der Waals surface area contributed by atoms with Crippen molar-refractivity contribution in [1.82, 2.24) is 24.8 Å². The van der Waals surface area contributed by atoms with E-state index in [1.807, 2.05) is 25.3 Å². The van der Waals surface area contributed by atoms with Gasteiger partial charge in [-0.25, -0.2) is 9.97 Å². The van der Waals surface area contributed by atoms with Crippen molar-refractivity contribution in [2.75, 3.05) is 19.6 Å². The average Bonchev–Trinajstić information content (AvgIpc) is 3.55. The lowest BCUT2D eigenvalue weighted by molar-refractivity contribution is -0.0766. The predicted molar refractivity (Wildman–Crippen MR) is 129 cm³/mol. The molecular formula is C24H28ClN5O2S. The van der Waals surface area contributed by atoms with Crippen LogP contribution in [0.4, 0.5) is 0 Å². The number of pyridine rings is 1. The first-order valence-corrected chi connectivity index (χ1v) is 12.6. The summed E-state index contributed by atoms with van der Waals surface area (Å²) in [6.45, 7) is 5.32. The van der Waals surface area contributed by atoms with E-state index in [-0.39, 0.29) is 17.6 Å². The van der Waals surface area contributed by atoms with Gasteiger partial charge in [-0.15, -0.1) is 11.3 Å². The number of thiazole rings is 1. The molecule has 0 bridgehead atoms. The number of aryl methyl sites for hydroxylation is 1. The van der Waals surface area contributed by atoms with Gasteiger partial charge in [-0.3, -0.25) is 9.69 Å². The molecule has 3 aromatic rings. The summed E-state index contributed by atoms with van der Waals surface area (Å²) < 4.78 is 8.60. The Kier molecular flexibility index (Phi) is 6.51. The zero-order chi connectivity index (χ0) is 22.8. The van der Waals surface area contributed by atoms with Crippen LogP contribution in [0.25, 0.3) is 5.82 Å². The number of ether oxygens (including phenoxy) is 1. The molecule has 2 fully saturated rings. The molecule has 1 N–H and O–H groups in total. The van der Waals surface area contributed by atoms with E-state index in [1.54, 1.807) is 11.6 Å². The van der Waals surface area contributed by atoms with E-state index >= 15 is 0 Å². The standard InChI is InChI=1S/C24H28ClN5O2S/c1-17-28-21(16-33-17)23(31)27-14-20-6-7-24(32-20)8-11-29(12-9-24)15-19-3-2-10-30(19)22-5-4-18(25)13-26-22/h2-5,10,13,16,20H,6-9,11-12,14-15H2,1H3,(H,27,31). The van der Waals surface area contributed by atoms with Crippen molar-refractivity contribution in [3.05, 3.63) is 63.5 Å². The van der Waals surface area contributed by atoms with Gasteiger partial charge >= 0.3 is 0 Å². The number of rotatable bonds is 6. The highest BCUT2D eigenvalue weighted by molar-refractivity contribution is 7.09. The fraction of sp³-hybridized carbons (Fsp3) is 0.458. The first-order valence-electron chi connectivity index (χ1n) is 11.4. The molecule has 1 atom stereocenters. The van der Waals surface area contributed by atoms with Gasteiger partial charge in [0.15, 0.2) is 0 Å². The number of piperidine rings is 1. The number of halogens is 1. The van der Waals surface area contributed by atoms with Gasteiger partial charge in [-0.05, 0) is 56.9 Å². The van der Waals surface area contributed by atoms with E-state index in [9.17, 15) is 4.79 Å². The van der Waals surface area contributed by atoms with Crippen LogP contribution in [0.15, 0.2) is 42.0 Å². The second kappa shape index (κ2) is 9.54. The predicted octanol–water partition coefficient (Wildman–Crippen LogP) is 4.23. The Hall–Kier alpha value is -2.26. The molecule has 33 heavy (non-hydrogen) atoms. The number of likely N-dealkylation sites (tertiary alicyclic amines) is 1. The lowest BCUT2D eigenvalue weighted by Gasteiger charge is -2.39. The molecule has 9 heteroatoms. The molecule has 2 aliphatic heterocycles. The highest BCUT2D eigenvalue weighted by atomic mass is 35.5. The Morgan fingerprint density at radius 1 is 1.30 bits per heavy atom. The highest BCUT2D eigenvalue weighted by Crippen LogP contribution is 2.39. The van der Waals surface area contributed by atoms with Crippen LogP contribution in [0.1, 0.15) is 46.9 Å². The Balaban J connectivity index is 1.12. The third-order valence-corrected chi connectivity index (χ3v) is 7.62. The Morgan fingerprint density at radius 2 is 2.15 bits per heavy atom. The van der Waals surface area contributed by atoms with Crippen LogP contribution in [-0.2, 0) is 11.3 Å². The molecule has 7 nitrogen and oxygen atoms in total. The normalized spacial score (nSPS) is 20.4. The van der Waals surface area contributed by atoms with Crippen molar-refractivity contribution in [1.29, 1.82) is 0 Å². The molecule has 1 amide bonds. The Bertz CT molecular complexity index is 1100. The van der Waals surface area contributed by atoms with Crippen LogP contribution < -0.4 is 5.32 Å². The van der Waals surface area contributed by atoms with Crippen LogP contribution in [0.5, 0.6) is 0 Å². The largest absolute Gasteiger partial charge is 0.370 e. The molecule has 2 saturated heterocycles. The highest BCUT2D eigenvalue weighted by Gasteiger charge is 2.42. The van der Waals surface area contributed by atoms with Crippen LogP contribution in [0.3, 0.4) is 0 Å². The summed E-state index contributed by atoms with van der Waals surface area (Å²) >= 11 is 7.48. The second-order valence-electron chi connectivity index (χ2n) is 8.90. The van der Waals surface area contributed by atoms with Crippen molar-refractivity contribution in [3.63, 3.8) is 0 Å². The molecule has 174 valence electrons. The molecule has 5 rings (SSSR count). The molecule has 0 radical (unpaired) electrons. The van der Waals surface area contributed by atoms with Crippen LogP contribution >= 0.6 is 22.9 Å². The fourth-order valence-electron chi connectivity index (χ4n) is 4.80. The van der Waals surface area contributed by atoms with E-state index in [0.717, 1.165) is 56.1 Å². The quantitative estimate of drug-likeness (QED) is 0.565. The number of carbonyl (C=O) groups is 1. The van der Waals surface area contributed by atoms with Gasteiger partial charge in [-0.2, -0.15) is 0 Å². The molecular weight excluding hydrogens is 458 g/mol. The van der Waals surface area contributed by atoms with Crippen LogP contribution in [0, 0.1) is 6.92 Å². The molecule has 0 saturated carbocycles. The van der Waals surface area contributed by atoms with Crippen molar-refractivity contribution in [3.8, 4) is 5.82 Å². The third kappa shape index (κ3) is 5.14. The minimum Gasteiger partial charge on any atom is -0.370 e. The maximum atomic E-state index is 12.3. The van der Waals surface area contributed by atoms with Gasteiger partial charge in [0.1, 0.15) is 11.5 Å². The number of amides is 1. The van der Waals surface area contributed by atoms with Crippen molar-refractivity contribution >= 4 is 28.8 Å². The number of hydrogen-bond donors (Lipinski definition) is 1. The molecule has 2 aliphatic rings. The van der Waals surface area contributed by atoms with Crippen LogP contribution in [-0.4, -0.2) is 56.7 Å². The molecule has 0 aromatic carbocycles. The van der Waals surface area contributed by atoms with E-state index in [0.29, 0.717) is 17.3 Å². The molecule has 1 spiro atoms.